The van der Waals surface area contributed by atoms with Crippen molar-refractivity contribution in [3.8, 4) is 17.1 Å². The summed E-state index contributed by atoms with van der Waals surface area (Å²) in [6.45, 7) is 0. The molecule has 0 saturated heterocycles. The first-order chi connectivity index (χ1) is 13.9. The molecule has 0 bridgehead atoms. The largest absolute Gasteiger partial charge is 0.573 e. The minimum absolute atomic E-state index is 0.293. The third-order valence-corrected chi connectivity index (χ3v) is 3.91. The Labute approximate surface area is 162 Å². The molecule has 0 unspecified atom stereocenters. The van der Waals surface area contributed by atoms with Gasteiger partial charge in [0.05, 0.1) is 5.52 Å². The number of hydrogen-bond donors (Lipinski definition) is 1. The molecule has 0 atom stereocenters. The van der Waals surface area contributed by atoms with Crippen molar-refractivity contribution in [1.29, 1.82) is 0 Å². The average molecular weight is 400 g/mol. The first-order valence-electron chi connectivity index (χ1n) is 8.38. The third-order valence-electron chi connectivity index (χ3n) is 3.91. The van der Waals surface area contributed by atoms with E-state index in [2.05, 4.69) is 25.0 Å². The smallest absolute Gasteiger partial charge is 0.406 e. The molecule has 0 aliphatic rings. The molecular formula is C20H12F4N4O. The van der Waals surface area contributed by atoms with Crippen LogP contribution < -0.4 is 10.1 Å². The molecule has 2 heterocycles. The Morgan fingerprint density at radius 3 is 2.55 bits per heavy atom. The summed E-state index contributed by atoms with van der Waals surface area (Å²) in [7, 11) is 0. The normalized spacial score (nSPS) is 11.4. The number of benzene rings is 2. The summed E-state index contributed by atoms with van der Waals surface area (Å²) in [6.07, 6.45) is -1.65. The number of nitrogens with one attached hydrogen (secondary N) is 1. The Morgan fingerprint density at radius 1 is 0.931 bits per heavy atom. The van der Waals surface area contributed by atoms with Crippen molar-refractivity contribution in [3.63, 3.8) is 0 Å². The highest BCUT2D eigenvalue weighted by Gasteiger charge is 2.31. The second-order valence-corrected chi connectivity index (χ2v) is 6.00. The Balaban J connectivity index is 1.78. The lowest BCUT2D eigenvalue weighted by Crippen LogP contribution is -2.17. The number of rotatable bonds is 4. The fourth-order valence-corrected chi connectivity index (χ4v) is 2.73. The van der Waals surface area contributed by atoms with Gasteiger partial charge in [-0.15, -0.1) is 13.2 Å². The van der Waals surface area contributed by atoms with Gasteiger partial charge in [-0.25, -0.2) is 14.4 Å². The summed E-state index contributed by atoms with van der Waals surface area (Å²) in [5.41, 5.74) is 1.26. The molecule has 146 valence electrons. The fourth-order valence-electron chi connectivity index (χ4n) is 2.73. The van der Waals surface area contributed by atoms with Crippen molar-refractivity contribution in [2.75, 3.05) is 5.32 Å². The van der Waals surface area contributed by atoms with Crippen molar-refractivity contribution >= 4 is 22.4 Å². The molecule has 2 aromatic heterocycles. The number of fused-ring (bicyclic) bond motifs is 1. The van der Waals surface area contributed by atoms with Crippen LogP contribution in [-0.4, -0.2) is 21.3 Å². The van der Waals surface area contributed by atoms with Gasteiger partial charge < -0.3 is 10.1 Å². The maximum Gasteiger partial charge on any atom is 0.573 e. The molecular weight excluding hydrogens is 388 g/mol. The lowest BCUT2D eigenvalue weighted by Gasteiger charge is -2.13. The van der Waals surface area contributed by atoms with Crippen molar-refractivity contribution in [1.82, 2.24) is 15.0 Å². The van der Waals surface area contributed by atoms with Gasteiger partial charge in [-0.05, 0) is 36.4 Å². The standard InChI is InChI=1S/C20H12F4N4O/c21-13-6-7-16-17(9-13)27-18(12-3-2-8-25-11-12)28-19(16)26-14-4-1-5-15(10-14)29-20(22,23)24/h1-11H,(H,26,27,28). The Hall–Kier alpha value is -3.75. The molecule has 9 heteroatoms. The third kappa shape index (κ3) is 4.40. The summed E-state index contributed by atoms with van der Waals surface area (Å²) < 4.78 is 55.1. The molecule has 1 N–H and O–H groups in total. The molecule has 0 amide bonds. The maximum atomic E-state index is 13.7. The molecule has 0 fully saturated rings. The Kier molecular flexibility index (Phi) is 4.71. The van der Waals surface area contributed by atoms with Crippen LogP contribution >= 0.6 is 0 Å². The molecule has 4 aromatic rings. The van der Waals surface area contributed by atoms with Crippen LogP contribution in [0.3, 0.4) is 0 Å². The number of alkyl halides is 3. The fraction of sp³-hybridized carbons (Fsp3) is 0.0500. The molecule has 5 nitrogen and oxygen atoms in total. The molecule has 0 spiro atoms. The Morgan fingerprint density at radius 2 is 1.79 bits per heavy atom. The van der Waals surface area contributed by atoms with E-state index in [1.54, 1.807) is 30.6 Å². The summed E-state index contributed by atoms with van der Waals surface area (Å²) in [4.78, 5) is 12.8. The van der Waals surface area contributed by atoms with E-state index < -0.39 is 12.2 Å². The number of pyridine rings is 1. The van der Waals surface area contributed by atoms with Crippen LogP contribution in [0.5, 0.6) is 5.75 Å². The number of aromatic nitrogens is 3. The minimum atomic E-state index is -4.80. The molecule has 0 aliphatic heterocycles. The zero-order chi connectivity index (χ0) is 20.4. The molecule has 2 aromatic carbocycles. The van der Waals surface area contributed by atoms with Crippen LogP contribution in [0, 0.1) is 5.82 Å². The van der Waals surface area contributed by atoms with Gasteiger partial charge in [0.15, 0.2) is 5.82 Å². The van der Waals surface area contributed by atoms with Gasteiger partial charge >= 0.3 is 6.36 Å². The highest BCUT2D eigenvalue weighted by Crippen LogP contribution is 2.30. The molecule has 29 heavy (non-hydrogen) atoms. The van der Waals surface area contributed by atoms with Gasteiger partial charge in [-0.1, -0.05) is 6.07 Å². The SMILES string of the molecule is Fc1ccc2c(Nc3cccc(OC(F)(F)F)c3)nc(-c3cccnc3)nc2c1. The van der Waals surface area contributed by atoms with E-state index in [1.807, 2.05) is 0 Å². The van der Waals surface area contributed by atoms with Gasteiger partial charge in [0.2, 0.25) is 0 Å². The van der Waals surface area contributed by atoms with E-state index in [0.717, 1.165) is 0 Å². The number of nitrogens with zero attached hydrogens (tertiary/aromatic N) is 3. The molecule has 0 aliphatic carbocycles. The van der Waals surface area contributed by atoms with Crippen LogP contribution in [0.25, 0.3) is 22.3 Å². The predicted octanol–water partition coefficient (Wildman–Crippen LogP) is 5.47. The van der Waals surface area contributed by atoms with Crippen LogP contribution in [0.4, 0.5) is 29.1 Å². The highest BCUT2D eigenvalue weighted by atomic mass is 19.4. The van der Waals surface area contributed by atoms with Crippen LogP contribution in [0.1, 0.15) is 0 Å². The summed E-state index contributed by atoms with van der Waals surface area (Å²) in [5.74, 6) is -0.251. The first kappa shape index (κ1) is 18.6. The van der Waals surface area contributed by atoms with Gasteiger partial charge in [0.1, 0.15) is 17.4 Å². The van der Waals surface area contributed by atoms with Crippen molar-refractivity contribution in [2.24, 2.45) is 0 Å². The Bertz CT molecular complexity index is 1170. The van der Waals surface area contributed by atoms with Gasteiger partial charge in [0.25, 0.3) is 0 Å². The maximum absolute atomic E-state index is 13.7. The average Bonchev–Trinajstić information content (AvgIpc) is 2.67. The summed E-state index contributed by atoms with van der Waals surface area (Å²) in [5, 5.41) is 3.46. The number of anilines is 2. The zero-order valence-corrected chi connectivity index (χ0v) is 14.6. The van der Waals surface area contributed by atoms with E-state index in [0.29, 0.717) is 33.8 Å². The molecule has 4 rings (SSSR count). The highest BCUT2D eigenvalue weighted by molar-refractivity contribution is 5.92. The quantitative estimate of drug-likeness (QED) is 0.460. The van der Waals surface area contributed by atoms with Crippen LogP contribution in [0.15, 0.2) is 67.0 Å². The zero-order valence-electron chi connectivity index (χ0n) is 14.6. The number of hydrogen-bond acceptors (Lipinski definition) is 5. The van der Waals surface area contributed by atoms with E-state index in [-0.39, 0.29) is 5.75 Å². The second-order valence-electron chi connectivity index (χ2n) is 6.00. The van der Waals surface area contributed by atoms with Gasteiger partial charge in [-0.2, -0.15) is 0 Å². The first-order valence-corrected chi connectivity index (χ1v) is 8.38. The molecule has 0 saturated carbocycles. The van der Waals surface area contributed by atoms with E-state index in [4.69, 9.17) is 0 Å². The number of halogens is 4. The minimum Gasteiger partial charge on any atom is -0.406 e. The van der Waals surface area contributed by atoms with Gasteiger partial charge in [0, 0.05) is 41.2 Å². The number of ether oxygens (including phenoxy) is 1. The van der Waals surface area contributed by atoms with E-state index in [9.17, 15) is 17.6 Å². The lowest BCUT2D eigenvalue weighted by atomic mass is 10.2. The van der Waals surface area contributed by atoms with Gasteiger partial charge in [-0.3, -0.25) is 4.98 Å². The van der Waals surface area contributed by atoms with Crippen molar-refractivity contribution < 1.29 is 22.3 Å². The summed E-state index contributed by atoms with van der Waals surface area (Å²) >= 11 is 0. The topological polar surface area (TPSA) is 59.9 Å². The van der Waals surface area contributed by atoms with Crippen LogP contribution in [-0.2, 0) is 0 Å². The van der Waals surface area contributed by atoms with Crippen molar-refractivity contribution in [2.45, 2.75) is 6.36 Å². The second kappa shape index (κ2) is 7.34. The van der Waals surface area contributed by atoms with Crippen molar-refractivity contribution in [3.05, 3.63) is 72.8 Å². The molecule has 0 radical (unpaired) electrons. The lowest BCUT2D eigenvalue weighted by molar-refractivity contribution is -0.274. The summed E-state index contributed by atoms with van der Waals surface area (Å²) in [6, 6.07) is 12.8. The monoisotopic (exact) mass is 400 g/mol. The predicted molar refractivity (Wildman–Crippen MR) is 99.1 cm³/mol. The van der Waals surface area contributed by atoms with E-state index in [1.165, 1.54) is 36.4 Å². The van der Waals surface area contributed by atoms with E-state index >= 15 is 0 Å². The van der Waals surface area contributed by atoms with Crippen LogP contribution in [0.2, 0.25) is 0 Å².